The second kappa shape index (κ2) is 5.51. The molecule has 0 atom stereocenters. The lowest BCUT2D eigenvalue weighted by Crippen LogP contribution is -2.28. The van der Waals surface area contributed by atoms with Crippen molar-refractivity contribution in [1.82, 2.24) is 5.32 Å². The highest BCUT2D eigenvalue weighted by Gasteiger charge is 2.32. The summed E-state index contributed by atoms with van der Waals surface area (Å²) in [5.41, 5.74) is 0.851. The van der Waals surface area contributed by atoms with E-state index in [9.17, 15) is 4.79 Å². The van der Waals surface area contributed by atoms with Crippen LogP contribution in [-0.4, -0.2) is 18.2 Å². The Morgan fingerprint density at radius 2 is 2.26 bits per heavy atom. The number of para-hydroxylation sites is 1. The Balaban J connectivity index is 2.03. The van der Waals surface area contributed by atoms with Gasteiger partial charge in [0.05, 0.1) is 0 Å². The minimum atomic E-state index is -0.421. The van der Waals surface area contributed by atoms with Gasteiger partial charge in [0, 0.05) is 18.5 Å². The molecule has 0 saturated carbocycles. The molecule has 19 heavy (non-hydrogen) atoms. The third-order valence-electron chi connectivity index (χ3n) is 3.06. The van der Waals surface area contributed by atoms with E-state index in [2.05, 4.69) is 12.2 Å². The van der Waals surface area contributed by atoms with E-state index in [0.29, 0.717) is 18.0 Å². The van der Waals surface area contributed by atoms with Gasteiger partial charge in [-0.25, -0.2) is 4.79 Å². The van der Waals surface area contributed by atoms with Crippen LogP contribution < -0.4 is 14.8 Å². The topological polar surface area (TPSA) is 47.6 Å². The van der Waals surface area contributed by atoms with Gasteiger partial charge in [0.2, 0.25) is 0 Å². The fourth-order valence-corrected chi connectivity index (χ4v) is 2.17. The van der Waals surface area contributed by atoms with Gasteiger partial charge in [-0.2, -0.15) is 0 Å². The molecule has 0 radical (unpaired) electrons. The summed E-state index contributed by atoms with van der Waals surface area (Å²) >= 11 is 0. The molecule has 0 aromatic heterocycles. The highest BCUT2D eigenvalue weighted by Crippen LogP contribution is 2.41. The van der Waals surface area contributed by atoms with Crippen LogP contribution in [0.1, 0.15) is 39.2 Å². The highest BCUT2D eigenvalue weighted by molar-refractivity contribution is 5.71. The van der Waals surface area contributed by atoms with Crippen LogP contribution in [0.25, 0.3) is 0 Å². The van der Waals surface area contributed by atoms with Crippen molar-refractivity contribution in [3.63, 3.8) is 0 Å². The van der Waals surface area contributed by atoms with Crippen LogP contribution >= 0.6 is 0 Å². The summed E-state index contributed by atoms with van der Waals surface area (Å²) in [5.74, 6) is 1.19. The molecule has 1 N–H and O–H groups in total. The van der Waals surface area contributed by atoms with Crippen molar-refractivity contribution in [1.29, 1.82) is 0 Å². The van der Waals surface area contributed by atoms with Crippen LogP contribution in [0.3, 0.4) is 0 Å². The molecule has 0 unspecified atom stereocenters. The maximum absolute atomic E-state index is 11.7. The van der Waals surface area contributed by atoms with E-state index in [-0.39, 0.29) is 5.60 Å². The van der Waals surface area contributed by atoms with E-state index >= 15 is 0 Å². The molecule has 1 aliphatic heterocycles. The largest absolute Gasteiger partial charge is 0.483 e. The zero-order valence-corrected chi connectivity index (χ0v) is 11.8. The summed E-state index contributed by atoms with van der Waals surface area (Å²) in [7, 11) is 0. The number of benzene rings is 1. The molecular weight excluding hydrogens is 242 g/mol. The third kappa shape index (κ3) is 3.40. The van der Waals surface area contributed by atoms with Crippen molar-refractivity contribution < 1.29 is 14.3 Å². The maximum Gasteiger partial charge on any atom is 0.412 e. The van der Waals surface area contributed by atoms with Crippen molar-refractivity contribution >= 4 is 6.09 Å². The zero-order valence-electron chi connectivity index (χ0n) is 11.8. The number of hydrogen-bond donors (Lipinski definition) is 1. The van der Waals surface area contributed by atoms with Crippen LogP contribution in [0.15, 0.2) is 18.2 Å². The van der Waals surface area contributed by atoms with Crippen molar-refractivity contribution in [3.8, 4) is 11.5 Å². The summed E-state index contributed by atoms with van der Waals surface area (Å²) in [5, 5.41) is 2.73. The normalized spacial score (nSPS) is 15.5. The van der Waals surface area contributed by atoms with E-state index in [0.717, 1.165) is 24.8 Å². The van der Waals surface area contributed by atoms with Gasteiger partial charge in [-0.1, -0.05) is 25.5 Å². The molecule has 104 valence electrons. The smallest absolute Gasteiger partial charge is 0.412 e. The number of hydrogen-bond acceptors (Lipinski definition) is 3. The minimum Gasteiger partial charge on any atom is -0.483 e. The fourth-order valence-electron chi connectivity index (χ4n) is 2.17. The van der Waals surface area contributed by atoms with Gasteiger partial charge in [-0.3, -0.25) is 0 Å². The molecule has 1 heterocycles. The molecule has 0 aliphatic carbocycles. The van der Waals surface area contributed by atoms with Crippen molar-refractivity contribution in [3.05, 3.63) is 23.8 Å². The van der Waals surface area contributed by atoms with Crippen LogP contribution in [0, 0.1) is 0 Å². The number of ether oxygens (including phenoxy) is 2. The molecule has 0 spiro atoms. The van der Waals surface area contributed by atoms with Gasteiger partial charge in [-0.15, -0.1) is 0 Å². The van der Waals surface area contributed by atoms with Gasteiger partial charge in [0.15, 0.2) is 11.5 Å². The summed E-state index contributed by atoms with van der Waals surface area (Å²) in [4.78, 5) is 11.7. The van der Waals surface area contributed by atoms with E-state index in [4.69, 9.17) is 9.47 Å². The summed E-state index contributed by atoms with van der Waals surface area (Å²) < 4.78 is 11.2. The zero-order chi connectivity index (χ0) is 13.9. The van der Waals surface area contributed by atoms with Crippen molar-refractivity contribution in [2.24, 2.45) is 0 Å². The Hall–Kier alpha value is -1.71. The van der Waals surface area contributed by atoms with Crippen LogP contribution in [0.4, 0.5) is 4.79 Å². The number of carbonyl (C=O) groups excluding carboxylic acids is 1. The first-order chi connectivity index (χ1) is 9.02. The molecule has 1 aliphatic rings. The first-order valence-electron chi connectivity index (χ1n) is 6.78. The Morgan fingerprint density at radius 3 is 3.00 bits per heavy atom. The number of amides is 1. The van der Waals surface area contributed by atoms with Crippen molar-refractivity contribution in [2.45, 2.75) is 45.6 Å². The lowest BCUT2D eigenvalue weighted by Gasteiger charge is -2.18. The molecule has 1 aromatic rings. The number of nitrogens with one attached hydrogen (secondary N) is 1. The van der Waals surface area contributed by atoms with E-state index in [1.807, 2.05) is 26.0 Å². The van der Waals surface area contributed by atoms with Gasteiger partial charge in [-0.05, 0) is 26.3 Å². The highest BCUT2D eigenvalue weighted by atomic mass is 16.6. The average Bonchev–Trinajstić information content (AvgIpc) is 2.65. The third-order valence-corrected chi connectivity index (χ3v) is 3.06. The Kier molecular flexibility index (Phi) is 3.98. The predicted molar refractivity (Wildman–Crippen MR) is 73.8 cm³/mol. The molecule has 1 amide bonds. The standard InChI is InChI=1S/C15H21NO3/c1-4-5-9-16-14(17)18-12-8-6-7-11-10-15(2,3)19-13(11)12/h6-8H,4-5,9-10H2,1-3H3,(H,16,17). The second-order valence-corrected chi connectivity index (χ2v) is 5.45. The Morgan fingerprint density at radius 1 is 1.47 bits per heavy atom. The molecule has 4 heteroatoms. The Bertz CT molecular complexity index is 468. The molecule has 1 aromatic carbocycles. The second-order valence-electron chi connectivity index (χ2n) is 5.45. The first kappa shape index (κ1) is 13.7. The summed E-state index contributed by atoms with van der Waals surface area (Å²) in [6.07, 6.45) is 2.40. The quantitative estimate of drug-likeness (QED) is 0.848. The molecule has 0 fully saturated rings. The molecule has 0 bridgehead atoms. The van der Waals surface area contributed by atoms with E-state index < -0.39 is 6.09 Å². The van der Waals surface area contributed by atoms with Crippen LogP contribution in [0.2, 0.25) is 0 Å². The minimum absolute atomic E-state index is 0.236. The number of fused-ring (bicyclic) bond motifs is 1. The van der Waals surface area contributed by atoms with Crippen molar-refractivity contribution in [2.75, 3.05) is 6.54 Å². The number of unbranched alkanes of at least 4 members (excludes halogenated alkanes) is 1. The van der Waals surface area contributed by atoms with Gasteiger partial charge < -0.3 is 14.8 Å². The molecule has 2 rings (SSSR count). The lowest BCUT2D eigenvalue weighted by atomic mass is 10.0. The van der Waals surface area contributed by atoms with Gasteiger partial charge >= 0.3 is 6.09 Å². The monoisotopic (exact) mass is 263 g/mol. The SMILES string of the molecule is CCCCNC(=O)Oc1cccc2c1OC(C)(C)C2. The van der Waals surface area contributed by atoms with Crippen LogP contribution in [-0.2, 0) is 6.42 Å². The first-order valence-corrected chi connectivity index (χ1v) is 6.78. The van der Waals surface area contributed by atoms with E-state index in [1.165, 1.54) is 0 Å². The number of carbonyl (C=O) groups is 1. The fraction of sp³-hybridized carbons (Fsp3) is 0.533. The van der Waals surface area contributed by atoms with Crippen LogP contribution in [0.5, 0.6) is 11.5 Å². The van der Waals surface area contributed by atoms with E-state index in [1.54, 1.807) is 6.07 Å². The maximum atomic E-state index is 11.7. The predicted octanol–water partition coefficient (Wildman–Crippen LogP) is 3.29. The van der Waals surface area contributed by atoms with Gasteiger partial charge in [0.1, 0.15) is 5.60 Å². The molecular formula is C15H21NO3. The van der Waals surface area contributed by atoms with Gasteiger partial charge in [0.25, 0.3) is 0 Å². The average molecular weight is 263 g/mol. The lowest BCUT2D eigenvalue weighted by molar-refractivity contribution is 0.133. The molecule has 0 saturated heterocycles. The molecule has 4 nitrogen and oxygen atoms in total. The number of rotatable bonds is 4. The summed E-state index contributed by atoms with van der Waals surface area (Å²) in [6.45, 7) is 6.76. The summed E-state index contributed by atoms with van der Waals surface area (Å²) in [6, 6.07) is 5.66. The Labute approximate surface area is 114 Å².